The van der Waals surface area contributed by atoms with Crippen LogP contribution in [-0.2, 0) is 12.1 Å². The second kappa shape index (κ2) is 9.97. The summed E-state index contributed by atoms with van der Waals surface area (Å²) in [7, 11) is 1.64. The zero-order valence-corrected chi connectivity index (χ0v) is 22.7. The number of fused-ring (bicyclic) bond motifs is 2. The fourth-order valence-electron chi connectivity index (χ4n) is 5.35. The van der Waals surface area contributed by atoms with Gasteiger partial charge in [0, 0.05) is 49.2 Å². The Labute approximate surface area is 226 Å². The van der Waals surface area contributed by atoms with E-state index in [1.54, 1.807) is 7.11 Å². The number of ether oxygens (including phenoxy) is 3. The fourth-order valence-corrected chi connectivity index (χ4v) is 5.35. The molecule has 0 bridgehead atoms. The number of benzene rings is 2. The molecule has 0 radical (unpaired) electrons. The molecule has 11 nitrogen and oxygen atoms in total. The van der Waals surface area contributed by atoms with Crippen LogP contribution in [0.1, 0.15) is 43.8 Å². The van der Waals surface area contributed by atoms with E-state index in [1.807, 2.05) is 35.0 Å². The lowest BCUT2D eigenvalue weighted by molar-refractivity contribution is 0.0975. The number of tetrazole rings is 1. The Morgan fingerprint density at radius 2 is 1.82 bits per heavy atom. The number of pyridine rings is 1. The molecule has 2 aliphatic rings. The van der Waals surface area contributed by atoms with Crippen LogP contribution >= 0.6 is 0 Å². The average Bonchev–Trinajstić information content (AvgIpc) is 3.60. The number of hydrogen-bond donors (Lipinski definition) is 1. The quantitative estimate of drug-likeness (QED) is 0.401. The number of aromatic nitrogens is 5. The van der Waals surface area contributed by atoms with Crippen molar-refractivity contribution >= 4 is 10.9 Å². The van der Waals surface area contributed by atoms with Gasteiger partial charge in [0.1, 0.15) is 11.8 Å². The Kier molecular flexibility index (Phi) is 6.48. The zero-order valence-electron chi connectivity index (χ0n) is 22.7. The van der Waals surface area contributed by atoms with Gasteiger partial charge in [-0.3, -0.25) is 14.6 Å². The molecule has 1 atom stereocenters. The third-order valence-corrected chi connectivity index (χ3v) is 7.36. The van der Waals surface area contributed by atoms with Gasteiger partial charge in [-0.2, -0.15) is 0 Å². The largest absolute Gasteiger partial charge is 0.497 e. The van der Waals surface area contributed by atoms with Crippen LogP contribution in [-0.4, -0.2) is 75.1 Å². The summed E-state index contributed by atoms with van der Waals surface area (Å²) < 4.78 is 18.3. The molecule has 4 aromatic rings. The standard InChI is InChI=1S/C28H33N7O4/c1-28(2,3)35-26(30-31-32-35)25(21-15-19-14-20(37-4)6-7-22(19)29-27(21)36)34-11-9-33(10-12-34)16-18-5-8-23-24(13-18)39-17-38-23/h5-8,13-15,25H,9-12,16-17H2,1-4H3,(H,29,36). The SMILES string of the molecule is COc1ccc2[nH]c(=O)c(C(c3nnnn3C(C)(C)C)N3CCN(Cc4ccc5c(c4)OCO5)CC3)cc2c1. The molecular formula is C28H33N7O4. The summed E-state index contributed by atoms with van der Waals surface area (Å²) in [5.41, 5.74) is 2.04. The van der Waals surface area contributed by atoms with E-state index in [0.29, 0.717) is 11.4 Å². The molecule has 2 aromatic carbocycles. The number of H-pyrrole nitrogens is 1. The van der Waals surface area contributed by atoms with Gasteiger partial charge >= 0.3 is 0 Å². The Morgan fingerprint density at radius 3 is 2.59 bits per heavy atom. The third-order valence-electron chi connectivity index (χ3n) is 7.36. The minimum Gasteiger partial charge on any atom is -0.497 e. The van der Waals surface area contributed by atoms with E-state index in [2.05, 4.69) is 63.2 Å². The van der Waals surface area contributed by atoms with E-state index in [1.165, 1.54) is 5.56 Å². The molecule has 11 heteroatoms. The molecule has 0 spiro atoms. The van der Waals surface area contributed by atoms with E-state index >= 15 is 0 Å². The highest BCUT2D eigenvalue weighted by atomic mass is 16.7. The number of piperazine rings is 1. The molecule has 1 saturated heterocycles. The van der Waals surface area contributed by atoms with Gasteiger partial charge in [0.05, 0.1) is 12.6 Å². The van der Waals surface area contributed by atoms with Crippen LogP contribution in [0.4, 0.5) is 0 Å². The summed E-state index contributed by atoms with van der Waals surface area (Å²) in [5.74, 6) is 2.97. The molecule has 39 heavy (non-hydrogen) atoms. The highest BCUT2D eigenvalue weighted by Crippen LogP contribution is 2.34. The monoisotopic (exact) mass is 531 g/mol. The van der Waals surface area contributed by atoms with Gasteiger partial charge in [-0.25, -0.2) is 4.68 Å². The highest BCUT2D eigenvalue weighted by Gasteiger charge is 2.35. The van der Waals surface area contributed by atoms with Crippen molar-refractivity contribution in [1.29, 1.82) is 0 Å². The van der Waals surface area contributed by atoms with Crippen LogP contribution in [0.15, 0.2) is 47.3 Å². The highest BCUT2D eigenvalue weighted by molar-refractivity contribution is 5.80. The average molecular weight is 532 g/mol. The third kappa shape index (κ3) is 4.95. The van der Waals surface area contributed by atoms with Crippen LogP contribution in [0.2, 0.25) is 0 Å². The lowest BCUT2D eigenvalue weighted by atomic mass is 10.0. The lowest BCUT2D eigenvalue weighted by Gasteiger charge is -2.39. The molecule has 0 saturated carbocycles. The number of methoxy groups -OCH3 is 1. The molecule has 0 amide bonds. The first kappa shape index (κ1) is 25.3. The number of nitrogens with one attached hydrogen (secondary N) is 1. The van der Waals surface area contributed by atoms with Crippen LogP contribution in [0, 0.1) is 0 Å². The van der Waals surface area contributed by atoms with Gasteiger partial charge in [0.25, 0.3) is 5.56 Å². The topological polar surface area (TPSA) is 111 Å². The minimum absolute atomic E-state index is 0.149. The Morgan fingerprint density at radius 1 is 1.03 bits per heavy atom. The molecule has 1 N–H and O–H groups in total. The maximum absolute atomic E-state index is 13.5. The molecule has 6 rings (SSSR count). The summed E-state index contributed by atoms with van der Waals surface area (Å²) in [5, 5.41) is 13.7. The Hall–Kier alpha value is -3.96. The van der Waals surface area contributed by atoms with Crippen molar-refractivity contribution in [3.8, 4) is 17.2 Å². The molecule has 1 unspecified atom stereocenters. The first-order chi connectivity index (χ1) is 18.8. The second-order valence-corrected chi connectivity index (χ2v) is 11.0. The molecule has 1 fully saturated rings. The summed E-state index contributed by atoms with van der Waals surface area (Å²) in [6.45, 7) is 10.4. The van der Waals surface area contributed by atoms with E-state index in [-0.39, 0.29) is 17.9 Å². The van der Waals surface area contributed by atoms with Crippen molar-refractivity contribution < 1.29 is 14.2 Å². The predicted octanol–water partition coefficient (Wildman–Crippen LogP) is 2.91. The molecular weight excluding hydrogens is 498 g/mol. The summed E-state index contributed by atoms with van der Waals surface area (Å²) in [6, 6.07) is 13.3. The normalized spacial score (nSPS) is 17.0. The fraction of sp³-hybridized carbons (Fsp3) is 0.429. The second-order valence-electron chi connectivity index (χ2n) is 11.0. The van der Waals surface area contributed by atoms with Gasteiger partial charge in [0.15, 0.2) is 17.3 Å². The number of nitrogens with zero attached hydrogens (tertiary/aromatic N) is 6. The molecule has 204 valence electrons. The van der Waals surface area contributed by atoms with Gasteiger partial charge in [-0.15, -0.1) is 5.10 Å². The van der Waals surface area contributed by atoms with Crippen molar-refractivity contribution in [3.05, 3.63) is 69.8 Å². The number of rotatable bonds is 6. The van der Waals surface area contributed by atoms with Gasteiger partial charge < -0.3 is 19.2 Å². The van der Waals surface area contributed by atoms with Crippen molar-refractivity contribution in [1.82, 2.24) is 35.0 Å². The van der Waals surface area contributed by atoms with Gasteiger partial charge in [-0.1, -0.05) is 6.07 Å². The smallest absolute Gasteiger partial charge is 0.253 e. The Bertz CT molecular complexity index is 1550. The maximum Gasteiger partial charge on any atom is 0.253 e. The van der Waals surface area contributed by atoms with Crippen molar-refractivity contribution in [2.45, 2.75) is 38.9 Å². The summed E-state index contributed by atoms with van der Waals surface area (Å²) in [6.07, 6.45) is 0. The summed E-state index contributed by atoms with van der Waals surface area (Å²) in [4.78, 5) is 21.3. The number of hydrogen-bond acceptors (Lipinski definition) is 9. The van der Waals surface area contributed by atoms with Crippen molar-refractivity contribution in [2.24, 2.45) is 0 Å². The van der Waals surface area contributed by atoms with E-state index in [0.717, 1.165) is 60.9 Å². The van der Waals surface area contributed by atoms with Gasteiger partial charge in [-0.05, 0) is 73.2 Å². The summed E-state index contributed by atoms with van der Waals surface area (Å²) >= 11 is 0. The molecule has 0 aliphatic carbocycles. The van der Waals surface area contributed by atoms with Crippen LogP contribution in [0.3, 0.4) is 0 Å². The first-order valence-corrected chi connectivity index (χ1v) is 13.1. The van der Waals surface area contributed by atoms with E-state index < -0.39 is 6.04 Å². The lowest BCUT2D eigenvalue weighted by Crippen LogP contribution is -2.49. The van der Waals surface area contributed by atoms with E-state index in [9.17, 15) is 4.79 Å². The molecule has 2 aliphatic heterocycles. The van der Waals surface area contributed by atoms with Crippen LogP contribution in [0.25, 0.3) is 10.9 Å². The van der Waals surface area contributed by atoms with Crippen molar-refractivity contribution in [2.75, 3.05) is 40.1 Å². The van der Waals surface area contributed by atoms with Crippen molar-refractivity contribution in [3.63, 3.8) is 0 Å². The maximum atomic E-state index is 13.5. The van der Waals surface area contributed by atoms with Gasteiger partial charge in [0.2, 0.25) is 6.79 Å². The minimum atomic E-state index is -0.411. The molecule has 2 aromatic heterocycles. The number of aromatic amines is 1. The van der Waals surface area contributed by atoms with Crippen LogP contribution < -0.4 is 19.8 Å². The Balaban J connectivity index is 1.31. The first-order valence-electron chi connectivity index (χ1n) is 13.1. The van der Waals surface area contributed by atoms with E-state index in [4.69, 9.17) is 14.2 Å². The predicted molar refractivity (Wildman–Crippen MR) is 145 cm³/mol. The zero-order chi connectivity index (χ0) is 27.1. The molecule has 4 heterocycles. The van der Waals surface area contributed by atoms with Crippen LogP contribution in [0.5, 0.6) is 17.2 Å².